The number of nitrogen functional groups attached to an aromatic ring is 2. The minimum absolute atomic E-state index is 0.0296. The molecule has 5 N–H and O–H groups in total. The molecule has 0 atom stereocenters. The number of hydrogen-bond donors (Lipinski definition) is 3. The van der Waals surface area contributed by atoms with Gasteiger partial charge in [-0.15, -0.1) is 0 Å². The first kappa shape index (κ1) is 16.2. The van der Waals surface area contributed by atoms with E-state index < -0.39 is 22.5 Å². The molecule has 6 nitrogen and oxygen atoms in total. The highest BCUT2D eigenvalue weighted by molar-refractivity contribution is 6.41. The van der Waals surface area contributed by atoms with Crippen LogP contribution in [0.25, 0.3) is 0 Å². The highest BCUT2D eigenvalue weighted by Crippen LogP contribution is 2.29. The quantitative estimate of drug-likeness (QED) is 0.259. The molecule has 0 saturated heterocycles. The van der Waals surface area contributed by atoms with Gasteiger partial charge in [-0.2, -0.15) is 0 Å². The van der Waals surface area contributed by atoms with Gasteiger partial charge in [0.25, 0.3) is 5.91 Å². The van der Waals surface area contributed by atoms with E-state index in [9.17, 15) is 14.0 Å². The van der Waals surface area contributed by atoms with Gasteiger partial charge < -0.3 is 5.73 Å². The Morgan fingerprint density at radius 3 is 2.59 bits per heavy atom. The number of halogens is 3. The van der Waals surface area contributed by atoms with Gasteiger partial charge in [0.2, 0.25) is 0 Å². The lowest BCUT2D eigenvalue weighted by atomic mass is 10.0. The van der Waals surface area contributed by atoms with Crippen molar-refractivity contribution < 1.29 is 14.0 Å². The Hall–Kier alpha value is -2.22. The monoisotopic (exact) mass is 342 g/mol. The number of carbonyl (C=O) groups excluding carboxylic acids is 2. The van der Waals surface area contributed by atoms with E-state index in [-0.39, 0.29) is 27.5 Å². The van der Waals surface area contributed by atoms with Crippen LogP contribution in [-0.4, -0.2) is 16.7 Å². The molecular formula is C13H9Cl2FN4O2. The Morgan fingerprint density at radius 2 is 1.95 bits per heavy atom. The van der Waals surface area contributed by atoms with Gasteiger partial charge in [0.1, 0.15) is 11.6 Å². The van der Waals surface area contributed by atoms with Crippen LogP contribution >= 0.6 is 23.2 Å². The van der Waals surface area contributed by atoms with Crippen LogP contribution in [-0.2, 0) is 0 Å². The molecule has 0 fully saturated rings. The summed E-state index contributed by atoms with van der Waals surface area (Å²) in [6.45, 7) is 0. The topological polar surface area (TPSA) is 111 Å². The summed E-state index contributed by atoms with van der Waals surface area (Å²) < 4.78 is 13.5. The average molecular weight is 343 g/mol. The van der Waals surface area contributed by atoms with Crippen molar-refractivity contribution in [3.63, 3.8) is 0 Å². The molecule has 114 valence electrons. The van der Waals surface area contributed by atoms with Crippen molar-refractivity contribution in [2.24, 2.45) is 5.84 Å². The molecule has 1 amide bonds. The number of nitrogens with two attached hydrogens (primary N) is 2. The fraction of sp³-hybridized carbons (Fsp3) is 0. The van der Waals surface area contributed by atoms with Crippen LogP contribution in [0.2, 0.25) is 10.0 Å². The number of amides is 1. The van der Waals surface area contributed by atoms with E-state index in [1.165, 1.54) is 12.1 Å². The van der Waals surface area contributed by atoms with E-state index >= 15 is 0 Å². The van der Waals surface area contributed by atoms with E-state index in [0.29, 0.717) is 0 Å². The lowest BCUT2D eigenvalue weighted by molar-refractivity contribution is 0.0954. The Kier molecular flexibility index (Phi) is 4.60. The summed E-state index contributed by atoms with van der Waals surface area (Å²) in [5.74, 6) is 2.68. The SMILES string of the molecule is NNC(=O)c1cc(C(=O)c2c(Cl)ccc(F)c2Cl)cnc1N. The number of carbonyl (C=O) groups is 2. The van der Waals surface area contributed by atoms with Crippen LogP contribution in [0.5, 0.6) is 0 Å². The van der Waals surface area contributed by atoms with Gasteiger partial charge in [-0.1, -0.05) is 23.2 Å². The fourth-order valence-electron chi connectivity index (χ4n) is 1.74. The number of nitrogens with zero attached hydrogens (tertiary/aromatic N) is 1. The summed E-state index contributed by atoms with van der Waals surface area (Å²) in [5.41, 5.74) is 7.05. The largest absolute Gasteiger partial charge is 0.383 e. The molecule has 1 aromatic carbocycles. The second kappa shape index (κ2) is 6.27. The minimum atomic E-state index is -0.794. The molecule has 0 aliphatic heterocycles. The van der Waals surface area contributed by atoms with Crippen molar-refractivity contribution >= 4 is 40.7 Å². The predicted octanol–water partition coefficient (Wildman–Crippen LogP) is 1.94. The summed E-state index contributed by atoms with van der Waals surface area (Å²) in [7, 11) is 0. The zero-order valence-electron chi connectivity index (χ0n) is 10.9. The number of pyridine rings is 1. The van der Waals surface area contributed by atoms with Gasteiger partial charge in [-0.05, 0) is 18.2 Å². The zero-order valence-corrected chi connectivity index (χ0v) is 12.4. The highest BCUT2D eigenvalue weighted by atomic mass is 35.5. The second-order valence-electron chi connectivity index (χ2n) is 4.18. The van der Waals surface area contributed by atoms with Crippen LogP contribution in [0.3, 0.4) is 0 Å². The number of hydrazine groups is 1. The first-order chi connectivity index (χ1) is 10.4. The first-order valence-corrected chi connectivity index (χ1v) is 6.57. The van der Waals surface area contributed by atoms with Crippen LogP contribution in [0.4, 0.5) is 10.2 Å². The molecular weight excluding hydrogens is 334 g/mol. The molecule has 0 spiro atoms. The zero-order chi connectivity index (χ0) is 16.4. The molecule has 0 radical (unpaired) electrons. The van der Waals surface area contributed by atoms with Gasteiger partial charge in [0, 0.05) is 11.8 Å². The number of ketones is 1. The number of nitrogens with one attached hydrogen (secondary N) is 1. The van der Waals surface area contributed by atoms with Crippen molar-refractivity contribution in [3.8, 4) is 0 Å². The van der Waals surface area contributed by atoms with Gasteiger partial charge in [0.05, 0.1) is 21.2 Å². The van der Waals surface area contributed by atoms with Crippen molar-refractivity contribution in [3.05, 3.63) is 56.9 Å². The first-order valence-electron chi connectivity index (χ1n) is 5.81. The lowest BCUT2D eigenvalue weighted by Crippen LogP contribution is -2.31. The van der Waals surface area contributed by atoms with Crippen LogP contribution in [0.15, 0.2) is 24.4 Å². The number of hydrogen-bond acceptors (Lipinski definition) is 5. The smallest absolute Gasteiger partial charge is 0.268 e. The molecule has 2 rings (SSSR count). The number of aromatic nitrogens is 1. The molecule has 9 heteroatoms. The van der Waals surface area contributed by atoms with Crippen molar-refractivity contribution in [1.29, 1.82) is 0 Å². The van der Waals surface area contributed by atoms with Crippen LogP contribution < -0.4 is 17.0 Å². The Balaban J connectivity index is 2.56. The van der Waals surface area contributed by atoms with Gasteiger partial charge in [-0.3, -0.25) is 15.0 Å². The summed E-state index contributed by atoms with van der Waals surface area (Å²) in [4.78, 5) is 27.7. The van der Waals surface area contributed by atoms with E-state index in [1.807, 2.05) is 5.43 Å². The van der Waals surface area contributed by atoms with Gasteiger partial charge in [-0.25, -0.2) is 15.2 Å². The molecule has 1 aromatic heterocycles. The molecule has 1 heterocycles. The predicted molar refractivity (Wildman–Crippen MR) is 80.2 cm³/mol. The van der Waals surface area contributed by atoms with Gasteiger partial charge >= 0.3 is 0 Å². The maximum atomic E-state index is 13.5. The Bertz CT molecular complexity index is 783. The maximum Gasteiger partial charge on any atom is 0.268 e. The van der Waals surface area contributed by atoms with Gasteiger partial charge in [0.15, 0.2) is 5.78 Å². The molecule has 2 aromatic rings. The Morgan fingerprint density at radius 1 is 1.27 bits per heavy atom. The summed E-state index contributed by atoms with van der Waals surface area (Å²) in [6, 6.07) is 3.41. The standard InChI is InChI=1S/C13H9Cl2FN4O2/c14-7-1-2-8(16)10(15)9(7)11(21)5-3-6(13(22)20-18)12(17)19-4-5/h1-4H,18H2,(H2,17,19)(H,20,22). The molecule has 0 bridgehead atoms. The van der Waals surface area contributed by atoms with E-state index in [0.717, 1.165) is 12.3 Å². The third kappa shape index (κ3) is 2.87. The molecule has 22 heavy (non-hydrogen) atoms. The third-order valence-electron chi connectivity index (χ3n) is 2.83. The van der Waals surface area contributed by atoms with Crippen molar-refractivity contribution in [2.45, 2.75) is 0 Å². The normalized spacial score (nSPS) is 10.4. The summed E-state index contributed by atoms with van der Waals surface area (Å²) in [5, 5.41) is -0.447. The third-order valence-corrected chi connectivity index (χ3v) is 3.51. The minimum Gasteiger partial charge on any atom is -0.383 e. The number of anilines is 1. The number of benzene rings is 1. The second-order valence-corrected chi connectivity index (χ2v) is 4.96. The summed E-state index contributed by atoms with van der Waals surface area (Å²) in [6.07, 6.45) is 1.13. The molecule has 0 saturated carbocycles. The molecule has 0 aliphatic carbocycles. The lowest BCUT2D eigenvalue weighted by Gasteiger charge is -2.09. The summed E-state index contributed by atoms with van der Waals surface area (Å²) >= 11 is 11.7. The van der Waals surface area contributed by atoms with Crippen molar-refractivity contribution in [1.82, 2.24) is 10.4 Å². The van der Waals surface area contributed by atoms with E-state index in [1.54, 1.807) is 0 Å². The van der Waals surface area contributed by atoms with Crippen molar-refractivity contribution in [2.75, 3.05) is 5.73 Å². The number of rotatable bonds is 3. The van der Waals surface area contributed by atoms with Crippen LogP contribution in [0.1, 0.15) is 26.3 Å². The highest BCUT2D eigenvalue weighted by Gasteiger charge is 2.21. The van der Waals surface area contributed by atoms with E-state index in [2.05, 4.69) is 4.98 Å². The molecule has 0 aliphatic rings. The maximum absolute atomic E-state index is 13.5. The Labute approximate surface area is 134 Å². The molecule has 0 unspecified atom stereocenters. The fourth-order valence-corrected chi connectivity index (χ4v) is 2.28. The van der Waals surface area contributed by atoms with Crippen LogP contribution in [0, 0.1) is 5.82 Å². The van der Waals surface area contributed by atoms with E-state index in [4.69, 9.17) is 34.8 Å². The average Bonchev–Trinajstić information content (AvgIpc) is 2.51.